The van der Waals surface area contributed by atoms with Crippen LogP contribution in [-0.4, -0.2) is 45.0 Å². The Kier molecular flexibility index (Phi) is 4.60. The Hall–Kier alpha value is -1.53. The van der Waals surface area contributed by atoms with Gasteiger partial charge in [0.2, 0.25) is 0 Å². The highest BCUT2D eigenvalue weighted by atomic mass is 16.6. The van der Waals surface area contributed by atoms with Crippen LogP contribution >= 0.6 is 0 Å². The van der Waals surface area contributed by atoms with Crippen LogP contribution in [0.4, 0.5) is 0 Å². The Morgan fingerprint density at radius 3 is 3.11 bits per heavy atom. The van der Waals surface area contributed by atoms with Crippen molar-refractivity contribution in [2.24, 2.45) is 0 Å². The molecule has 1 aromatic rings. The summed E-state index contributed by atoms with van der Waals surface area (Å²) in [5.74, 6) is 0.296. The molecule has 0 spiro atoms. The lowest BCUT2D eigenvalue weighted by Gasteiger charge is -2.22. The molecule has 0 saturated carbocycles. The largest absolute Gasteiger partial charge is 0.465 e. The summed E-state index contributed by atoms with van der Waals surface area (Å²) in [5.41, 5.74) is 0. The summed E-state index contributed by atoms with van der Waals surface area (Å²) in [5, 5.41) is 2.73. The SMILES string of the molecule is CCOc1ccc(C(=O)NC[C@@H]2COCCO2)o1. The molecule has 1 N–H and O–H groups in total. The van der Waals surface area contributed by atoms with Crippen molar-refractivity contribution in [1.82, 2.24) is 5.32 Å². The fourth-order valence-corrected chi connectivity index (χ4v) is 1.61. The topological polar surface area (TPSA) is 69.9 Å². The summed E-state index contributed by atoms with van der Waals surface area (Å²) in [6.45, 7) is 4.44. The number of carbonyl (C=O) groups excluding carboxylic acids is 1. The third-order valence-corrected chi connectivity index (χ3v) is 2.47. The van der Waals surface area contributed by atoms with E-state index in [4.69, 9.17) is 18.6 Å². The number of amides is 1. The van der Waals surface area contributed by atoms with Gasteiger partial charge in [0.05, 0.1) is 32.5 Å². The van der Waals surface area contributed by atoms with Crippen molar-refractivity contribution in [3.8, 4) is 5.95 Å². The summed E-state index contributed by atoms with van der Waals surface area (Å²) in [6.07, 6.45) is -0.0935. The van der Waals surface area contributed by atoms with E-state index in [-0.39, 0.29) is 17.8 Å². The van der Waals surface area contributed by atoms with E-state index in [1.807, 2.05) is 6.92 Å². The van der Waals surface area contributed by atoms with Crippen LogP contribution in [0.25, 0.3) is 0 Å². The first-order valence-corrected chi connectivity index (χ1v) is 5.99. The van der Waals surface area contributed by atoms with Gasteiger partial charge in [0.1, 0.15) is 0 Å². The Bertz CT molecular complexity index is 384. The Morgan fingerprint density at radius 1 is 1.50 bits per heavy atom. The monoisotopic (exact) mass is 255 g/mol. The average Bonchev–Trinajstić information content (AvgIpc) is 2.86. The van der Waals surface area contributed by atoms with Gasteiger partial charge in [-0.25, -0.2) is 0 Å². The van der Waals surface area contributed by atoms with Crippen molar-refractivity contribution in [2.45, 2.75) is 13.0 Å². The second-order valence-corrected chi connectivity index (χ2v) is 3.83. The number of rotatable bonds is 5. The first-order chi connectivity index (χ1) is 8.79. The van der Waals surface area contributed by atoms with Gasteiger partial charge >= 0.3 is 0 Å². The highest BCUT2D eigenvalue weighted by Gasteiger charge is 2.17. The number of hydrogen-bond acceptors (Lipinski definition) is 5. The molecule has 1 atom stereocenters. The second kappa shape index (κ2) is 6.42. The number of hydrogen-bond donors (Lipinski definition) is 1. The van der Waals surface area contributed by atoms with E-state index in [0.29, 0.717) is 38.9 Å². The van der Waals surface area contributed by atoms with Gasteiger partial charge < -0.3 is 23.9 Å². The van der Waals surface area contributed by atoms with Crippen LogP contribution in [0.5, 0.6) is 5.95 Å². The molecule has 1 saturated heterocycles. The molecule has 1 aliphatic heterocycles. The lowest BCUT2D eigenvalue weighted by molar-refractivity contribution is -0.0856. The molecule has 2 rings (SSSR count). The summed E-state index contributed by atoms with van der Waals surface area (Å²) in [4.78, 5) is 11.7. The minimum absolute atomic E-state index is 0.0935. The minimum Gasteiger partial charge on any atom is -0.465 e. The van der Waals surface area contributed by atoms with E-state index in [1.165, 1.54) is 0 Å². The van der Waals surface area contributed by atoms with Crippen LogP contribution in [0, 0.1) is 0 Å². The summed E-state index contributed by atoms with van der Waals surface area (Å²) < 4.78 is 21.0. The average molecular weight is 255 g/mol. The molecule has 0 radical (unpaired) electrons. The molecule has 6 heteroatoms. The van der Waals surface area contributed by atoms with E-state index in [1.54, 1.807) is 12.1 Å². The normalized spacial score (nSPS) is 19.5. The van der Waals surface area contributed by atoms with Crippen molar-refractivity contribution in [2.75, 3.05) is 33.0 Å². The molecule has 1 amide bonds. The molecule has 0 aliphatic carbocycles. The highest BCUT2D eigenvalue weighted by molar-refractivity contribution is 5.91. The summed E-state index contributed by atoms with van der Waals surface area (Å²) in [6, 6.07) is 3.21. The van der Waals surface area contributed by atoms with Gasteiger partial charge in [0.25, 0.3) is 11.9 Å². The zero-order valence-corrected chi connectivity index (χ0v) is 10.3. The van der Waals surface area contributed by atoms with Crippen LogP contribution in [0.1, 0.15) is 17.5 Å². The zero-order valence-electron chi connectivity index (χ0n) is 10.3. The number of nitrogens with one attached hydrogen (secondary N) is 1. The fourth-order valence-electron chi connectivity index (χ4n) is 1.61. The van der Waals surface area contributed by atoms with Gasteiger partial charge in [-0.2, -0.15) is 0 Å². The Morgan fingerprint density at radius 2 is 2.39 bits per heavy atom. The van der Waals surface area contributed by atoms with Crippen molar-refractivity contribution < 1.29 is 23.4 Å². The minimum atomic E-state index is -0.282. The van der Waals surface area contributed by atoms with Crippen molar-refractivity contribution in [3.63, 3.8) is 0 Å². The fraction of sp³-hybridized carbons (Fsp3) is 0.583. The third-order valence-electron chi connectivity index (χ3n) is 2.47. The lowest BCUT2D eigenvalue weighted by Crippen LogP contribution is -2.39. The van der Waals surface area contributed by atoms with Gasteiger partial charge in [-0.05, 0) is 13.0 Å². The van der Waals surface area contributed by atoms with Crippen molar-refractivity contribution >= 4 is 5.91 Å². The zero-order chi connectivity index (χ0) is 12.8. The predicted octanol–water partition coefficient (Wildman–Crippen LogP) is 0.823. The first-order valence-electron chi connectivity index (χ1n) is 5.99. The van der Waals surface area contributed by atoms with Crippen LogP contribution in [0.3, 0.4) is 0 Å². The smallest absolute Gasteiger partial charge is 0.287 e. The molecule has 0 aromatic carbocycles. The molecule has 100 valence electrons. The molecule has 0 unspecified atom stereocenters. The summed E-state index contributed by atoms with van der Waals surface area (Å²) >= 11 is 0. The molecular formula is C12H17NO5. The first kappa shape index (κ1) is 12.9. The number of carbonyl (C=O) groups is 1. The van der Waals surface area contributed by atoms with E-state index < -0.39 is 0 Å². The van der Waals surface area contributed by atoms with Gasteiger partial charge in [0.15, 0.2) is 5.76 Å². The van der Waals surface area contributed by atoms with Crippen LogP contribution in [0.2, 0.25) is 0 Å². The Labute approximate surface area is 105 Å². The quantitative estimate of drug-likeness (QED) is 0.843. The highest BCUT2D eigenvalue weighted by Crippen LogP contribution is 2.15. The second-order valence-electron chi connectivity index (χ2n) is 3.83. The van der Waals surface area contributed by atoms with Gasteiger partial charge in [0, 0.05) is 12.6 Å². The maximum Gasteiger partial charge on any atom is 0.287 e. The Balaban J connectivity index is 1.79. The van der Waals surface area contributed by atoms with E-state index in [9.17, 15) is 4.79 Å². The maximum atomic E-state index is 11.7. The molecule has 2 heterocycles. The lowest BCUT2D eigenvalue weighted by atomic mass is 10.3. The standard InChI is InChI=1S/C12H17NO5/c1-2-16-11-4-3-10(18-11)12(14)13-7-9-8-15-5-6-17-9/h3-4,9H,2,5-8H2,1H3,(H,13,14)/t9-/m1/s1. The predicted molar refractivity (Wildman–Crippen MR) is 62.8 cm³/mol. The maximum absolute atomic E-state index is 11.7. The molecule has 1 fully saturated rings. The molecular weight excluding hydrogens is 238 g/mol. The van der Waals surface area contributed by atoms with Crippen molar-refractivity contribution in [3.05, 3.63) is 17.9 Å². The van der Waals surface area contributed by atoms with Gasteiger partial charge in [-0.1, -0.05) is 0 Å². The summed E-state index contributed by atoms with van der Waals surface area (Å²) in [7, 11) is 0. The van der Waals surface area contributed by atoms with E-state index in [0.717, 1.165) is 0 Å². The molecule has 1 aliphatic rings. The molecule has 18 heavy (non-hydrogen) atoms. The number of ether oxygens (including phenoxy) is 3. The van der Waals surface area contributed by atoms with Crippen LogP contribution in [0.15, 0.2) is 16.5 Å². The van der Waals surface area contributed by atoms with Crippen LogP contribution < -0.4 is 10.1 Å². The molecule has 0 bridgehead atoms. The van der Waals surface area contributed by atoms with Gasteiger partial charge in [-0.3, -0.25) is 4.79 Å². The third kappa shape index (κ3) is 3.48. The van der Waals surface area contributed by atoms with E-state index >= 15 is 0 Å². The molecule has 1 aromatic heterocycles. The number of furan rings is 1. The van der Waals surface area contributed by atoms with E-state index in [2.05, 4.69) is 5.32 Å². The molecule has 6 nitrogen and oxygen atoms in total. The van der Waals surface area contributed by atoms with Gasteiger partial charge in [-0.15, -0.1) is 0 Å². The van der Waals surface area contributed by atoms with Crippen molar-refractivity contribution in [1.29, 1.82) is 0 Å². The van der Waals surface area contributed by atoms with Crippen LogP contribution in [-0.2, 0) is 9.47 Å².